The van der Waals surface area contributed by atoms with E-state index in [1.807, 2.05) is 30.3 Å². The minimum atomic E-state index is -0.701. The molecule has 4 rings (SSSR count). The van der Waals surface area contributed by atoms with Gasteiger partial charge in [0, 0.05) is 24.5 Å². The van der Waals surface area contributed by atoms with Crippen LogP contribution in [0, 0.1) is 5.95 Å². The topological polar surface area (TPSA) is 69.0 Å². The van der Waals surface area contributed by atoms with Crippen LogP contribution < -0.4 is 5.32 Å². The zero-order valence-electron chi connectivity index (χ0n) is 13.2. The van der Waals surface area contributed by atoms with Crippen molar-refractivity contribution in [2.45, 2.75) is 5.41 Å². The summed E-state index contributed by atoms with van der Waals surface area (Å²) in [5.41, 5.74) is 0.737. The lowest BCUT2D eigenvalue weighted by molar-refractivity contribution is -0.139. The molecule has 0 saturated carbocycles. The molecule has 1 aromatic carbocycles. The van der Waals surface area contributed by atoms with Gasteiger partial charge in [-0.1, -0.05) is 30.3 Å². The van der Waals surface area contributed by atoms with Gasteiger partial charge in [0.1, 0.15) is 5.41 Å². The first-order valence-corrected chi connectivity index (χ1v) is 7.80. The van der Waals surface area contributed by atoms with Gasteiger partial charge < -0.3 is 10.1 Å². The Kier molecular flexibility index (Phi) is 3.77. The Bertz CT molecular complexity index is 906. The molecule has 0 aliphatic carbocycles. The van der Waals surface area contributed by atoms with Crippen LogP contribution in [-0.2, 0) is 14.9 Å². The fourth-order valence-electron chi connectivity index (χ4n) is 2.80. The molecule has 1 N–H and O–H groups in total. The highest BCUT2D eigenvalue weighted by Crippen LogP contribution is 2.33. The van der Waals surface area contributed by atoms with Crippen LogP contribution in [0.5, 0.6) is 0 Å². The molecule has 2 aromatic heterocycles. The highest BCUT2D eigenvalue weighted by Gasteiger charge is 2.47. The lowest BCUT2D eigenvalue weighted by atomic mass is 9.78. The van der Waals surface area contributed by atoms with Gasteiger partial charge in [-0.15, -0.1) is 0 Å². The highest BCUT2D eigenvalue weighted by atomic mass is 19.1. The van der Waals surface area contributed by atoms with E-state index in [0.29, 0.717) is 24.7 Å². The van der Waals surface area contributed by atoms with Crippen molar-refractivity contribution in [3.8, 4) is 5.69 Å². The maximum absolute atomic E-state index is 13.2. The first-order chi connectivity index (χ1) is 12.2. The molecular formula is C18H15FN4O2. The molecule has 0 radical (unpaired) electrons. The molecule has 0 spiro atoms. The van der Waals surface area contributed by atoms with Crippen LogP contribution in [0.15, 0.2) is 60.9 Å². The molecule has 0 unspecified atom stereocenters. The van der Waals surface area contributed by atoms with Crippen molar-refractivity contribution >= 4 is 11.7 Å². The summed E-state index contributed by atoms with van der Waals surface area (Å²) in [7, 11) is 0. The highest BCUT2D eigenvalue weighted by molar-refractivity contribution is 5.99. The first-order valence-electron chi connectivity index (χ1n) is 7.80. The summed E-state index contributed by atoms with van der Waals surface area (Å²) in [6.45, 7) is 0.665. The van der Waals surface area contributed by atoms with Crippen LogP contribution in [0.4, 0.5) is 10.2 Å². The predicted molar refractivity (Wildman–Crippen MR) is 88.9 cm³/mol. The molecule has 126 valence electrons. The molecule has 3 aromatic rings. The molecule has 1 aliphatic rings. The van der Waals surface area contributed by atoms with Gasteiger partial charge in [0.15, 0.2) is 5.82 Å². The minimum Gasteiger partial charge on any atom is -0.378 e. The Morgan fingerprint density at radius 3 is 2.68 bits per heavy atom. The van der Waals surface area contributed by atoms with E-state index in [2.05, 4.69) is 15.4 Å². The Morgan fingerprint density at radius 1 is 1.20 bits per heavy atom. The molecule has 0 atom stereocenters. The number of aromatic nitrogens is 3. The van der Waals surface area contributed by atoms with Crippen molar-refractivity contribution in [2.75, 3.05) is 18.5 Å². The van der Waals surface area contributed by atoms with Crippen LogP contribution >= 0.6 is 0 Å². The summed E-state index contributed by atoms with van der Waals surface area (Å²) in [5, 5.41) is 7.10. The average molecular weight is 338 g/mol. The van der Waals surface area contributed by atoms with Crippen molar-refractivity contribution < 1.29 is 13.9 Å². The van der Waals surface area contributed by atoms with E-state index in [4.69, 9.17) is 4.74 Å². The maximum Gasteiger partial charge on any atom is 0.240 e. The van der Waals surface area contributed by atoms with Gasteiger partial charge in [0.25, 0.3) is 0 Å². The van der Waals surface area contributed by atoms with Gasteiger partial charge in [-0.25, -0.2) is 9.67 Å². The Morgan fingerprint density at radius 2 is 2.00 bits per heavy atom. The summed E-state index contributed by atoms with van der Waals surface area (Å²) < 4.78 is 20.0. The van der Waals surface area contributed by atoms with E-state index < -0.39 is 11.4 Å². The SMILES string of the molecule is O=C(Nc1ccn(-c2ccnc(F)c2)n1)C1(c2ccccc2)COC1. The van der Waals surface area contributed by atoms with E-state index >= 15 is 0 Å². The van der Waals surface area contributed by atoms with Crippen LogP contribution in [0.1, 0.15) is 5.56 Å². The number of carbonyl (C=O) groups excluding carboxylic acids is 1. The van der Waals surface area contributed by atoms with Gasteiger partial charge in [-0.3, -0.25) is 4.79 Å². The fraction of sp³-hybridized carbons (Fsp3) is 0.167. The number of anilines is 1. The number of carbonyl (C=O) groups is 1. The second-order valence-corrected chi connectivity index (χ2v) is 5.88. The van der Waals surface area contributed by atoms with Gasteiger partial charge in [0.05, 0.1) is 18.9 Å². The lowest BCUT2D eigenvalue weighted by Crippen LogP contribution is -2.55. The molecule has 7 heteroatoms. The standard InChI is InChI=1S/C18H15FN4O2/c19-15-10-14(6-8-20-15)23-9-7-16(22-23)21-17(24)18(11-25-12-18)13-4-2-1-3-5-13/h1-10H,11-12H2,(H,21,22,24). The van der Waals surface area contributed by atoms with E-state index in [1.54, 1.807) is 18.3 Å². The molecule has 1 aliphatic heterocycles. The predicted octanol–water partition coefficient (Wildman–Crippen LogP) is 2.31. The number of nitrogens with zero attached hydrogens (tertiary/aromatic N) is 3. The number of rotatable bonds is 4. The first kappa shape index (κ1) is 15.5. The normalized spacial score (nSPS) is 15.4. The Balaban J connectivity index is 1.55. The monoisotopic (exact) mass is 338 g/mol. The van der Waals surface area contributed by atoms with Crippen molar-refractivity contribution in [3.63, 3.8) is 0 Å². The van der Waals surface area contributed by atoms with Crippen molar-refractivity contribution in [2.24, 2.45) is 0 Å². The molecule has 1 fully saturated rings. The molecular weight excluding hydrogens is 323 g/mol. The quantitative estimate of drug-likeness (QED) is 0.741. The number of nitrogens with one attached hydrogen (secondary N) is 1. The number of hydrogen-bond donors (Lipinski definition) is 1. The van der Waals surface area contributed by atoms with Gasteiger partial charge >= 0.3 is 0 Å². The Labute approximate surface area is 143 Å². The third-order valence-corrected chi connectivity index (χ3v) is 4.26. The third kappa shape index (κ3) is 2.78. The van der Waals surface area contributed by atoms with Crippen LogP contribution in [0.25, 0.3) is 5.69 Å². The summed E-state index contributed by atoms with van der Waals surface area (Å²) >= 11 is 0. The fourth-order valence-corrected chi connectivity index (χ4v) is 2.80. The largest absolute Gasteiger partial charge is 0.378 e. The van der Waals surface area contributed by atoms with Crippen LogP contribution in [0.3, 0.4) is 0 Å². The Hall–Kier alpha value is -3.06. The van der Waals surface area contributed by atoms with E-state index in [-0.39, 0.29) is 5.91 Å². The number of amides is 1. The minimum absolute atomic E-state index is 0.170. The lowest BCUT2D eigenvalue weighted by Gasteiger charge is -2.40. The van der Waals surface area contributed by atoms with E-state index in [9.17, 15) is 9.18 Å². The maximum atomic E-state index is 13.2. The molecule has 1 amide bonds. The smallest absolute Gasteiger partial charge is 0.240 e. The van der Waals surface area contributed by atoms with E-state index in [1.165, 1.54) is 16.9 Å². The number of benzene rings is 1. The number of hydrogen-bond acceptors (Lipinski definition) is 4. The zero-order chi connectivity index (χ0) is 17.3. The number of halogens is 1. The molecule has 25 heavy (non-hydrogen) atoms. The molecule has 6 nitrogen and oxygen atoms in total. The van der Waals surface area contributed by atoms with Gasteiger partial charge in [-0.05, 0) is 11.6 Å². The second kappa shape index (κ2) is 6.10. The van der Waals surface area contributed by atoms with Crippen molar-refractivity contribution in [3.05, 3.63) is 72.4 Å². The summed E-state index contributed by atoms with van der Waals surface area (Å²) in [4.78, 5) is 16.3. The van der Waals surface area contributed by atoms with Crippen molar-refractivity contribution in [1.29, 1.82) is 0 Å². The number of pyridine rings is 1. The summed E-state index contributed by atoms with van der Waals surface area (Å²) in [6, 6.07) is 14.1. The van der Waals surface area contributed by atoms with Gasteiger partial charge in [0.2, 0.25) is 11.9 Å². The van der Waals surface area contributed by atoms with Crippen LogP contribution in [-0.4, -0.2) is 33.9 Å². The molecule has 1 saturated heterocycles. The average Bonchev–Trinajstić information content (AvgIpc) is 3.03. The molecule has 0 bridgehead atoms. The number of ether oxygens (including phenoxy) is 1. The molecule has 3 heterocycles. The van der Waals surface area contributed by atoms with E-state index in [0.717, 1.165) is 5.56 Å². The third-order valence-electron chi connectivity index (χ3n) is 4.26. The summed E-state index contributed by atoms with van der Waals surface area (Å²) in [5.74, 6) is -0.367. The van der Waals surface area contributed by atoms with Gasteiger partial charge in [-0.2, -0.15) is 9.49 Å². The second-order valence-electron chi connectivity index (χ2n) is 5.88. The summed E-state index contributed by atoms with van der Waals surface area (Å²) in [6.07, 6.45) is 3.01. The zero-order valence-corrected chi connectivity index (χ0v) is 13.2. The van der Waals surface area contributed by atoms with Crippen LogP contribution in [0.2, 0.25) is 0 Å². The van der Waals surface area contributed by atoms with Crippen molar-refractivity contribution in [1.82, 2.24) is 14.8 Å².